The Hall–Kier alpha value is -2.13. The first-order valence-electron chi connectivity index (χ1n) is 6.93. The number of fused-ring (bicyclic) bond motifs is 1. The minimum Gasteiger partial charge on any atom is -0.324 e. The molecule has 0 aromatic heterocycles. The average Bonchev–Trinajstić information content (AvgIpc) is 2.49. The van der Waals surface area contributed by atoms with Crippen LogP contribution in [0.2, 0.25) is 0 Å². The van der Waals surface area contributed by atoms with Gasteiger partial charge in [0.1, 0.15) is 6.04 Å². The number of aryl methyl sites for hydroxylation is 1. The minimum atomic E-state index is -0.264. The second-order valence-electron chi connectivity index (χ2n) is 5.14. The third kappa shape index (κ3) is 2.45. The highest BCUT2D eigenvalue weighted by atomic mass is 16.2. The van der Waals surface area contributed by atoms with Crippen molar-refractivity contribution in [2.24, 2.45) is 0 Å². The predicted molar refractivity (Wildman–Crippen MR) is 80.7 cm³/mol. The normalized spacial score (nSPS) is 17.4. The number of hydrogen-bond donors (Lipinski definition) is 2. The Morgan fingerprint density at radius 1 is 1.15 bits per heavy atom. The van der Waals surface area contributed by atoms with Crippen molar-refractivity contribution in [2.75, 3.05) is 11.9 Å². The van der Waals surface area contributed by atoms with Crippen molar-refractivity contribution >= 4 is 11.6 Å². The summed E-state index contributed by atoms with van der Waals surface area (Å²) in [4.78, 5) is 12.5. The number of anilines is 1. The van der Waals surface area contributed by atoms with Crippen LogP contribution < -0.4 is 10.6 Å². The van der Waals surface area contributed by atoms with E-state index in [4.69, 9.17) is 0 Å². The average molecular weight is 266 g/mol. The van der Waals surface area contributed by atoms with Crippen molar-refractivity contribution in [1.29, 1.82) is 0 Å². The van der Waals surface area contributed by atoms with E-state index in [1.807, 2.05) is 49.4 Å². The first-order chi connectivity index (χ1) is 9.75. The monoisotopic (exact) mass is 266 g/mol. The second-order valence-corrected chi connectivity index (χ2v) is 5.14. The van der Waals surface area contributed by atoms with E-state index in [-0.39, 0.29) is 11.9 Å². The van der Waals surface area contributed by atoms with E-state index in [9.17, 15) is 4.79 Å². The van der Waals surface area contributed by atoms with Crippen LogP contribution in [0.25, 0.3) is 0 Å². The quantitative estimate of drug-likeness (QED) is 0.877. The van der Waals surface area contributed by atoms with Gasteiger partial charge in [0, 0.05) is 12.2 Å². The van der Waals surface area contributed by atoms with Crippen molar-refractivity contribution in [1.82, 2.24) is 5.32 Å². The van der Waals surface area contributed by atoms with Crippen molar-refractivity contribution in [3.8, 4) is 0 Å². The van der Waals surface area contributed by atoms with Crippen molar-refractivity contribution < 1.29 is 4.79 Å². The summed E-state index contributed by atoms with van der Waals surface area (Å²) in [5.74, 6) is 0.00597. The molecule has 1 atom stereocenters. The summed E-state index contributed by atoms with van der Waals surface area (Å²) in [6.07, 6.45) is 0.977. The fraction of sp³-hybridized carbons (Fsp3) is 0.235. The first kappa shape index (κ1) is 12.9. The third-order valence-corrected chi connectivity index (χ3v) is 3.77. The molecule has 3 heteroatoms. The largest absolute Gasteiger partial charge is 0.324 e. The zero-order chi connectivity index (χ0) is 13.9. The Bertz CT molecular complexity index is 636. The number of carbonyl (C=O) groups is 1. The highest BCUT2D eigenvalue weighted by Crippen LogP contribution is 2.24. The van der Waals surface area contributed by atoms with Gasteiger partial charge in [-0.3, -0.25) is 4.79 Å². The number of nitrogens with one attached hydrogen (secondary N) is 2. The molecule has 0 radical (unpaired) electrons. The second kappa shape index (κ2) is 5.47. The smallest absolute Gasteiger partial charge is 0.246 e. The molecule has 3 nitrogen and oxygen atoms in total. The first-order valence-corrected chi connectivity index (χ1v) is 6.93. The molecule has 2 aromatic carbocycles. The van der Waals surface area contributed by atoms with E-state index in [0.717, 1.165) is 29.8 Å². The minimum absolute atomic E-state index is 0.00597. The van der Waals surface area contributed by atoms with Gasteiger partial charge in [0.25, 0.3) is 0 Å². The predicted octanol–water partition coefficient (Wildman–Crippen LogP) is 2.82. The summed E-state index contributed by atoms with van der Waals surface area (Å²) in [5.41, 5.74) is 4.30. The van der Waals surface area contributed by atoms with E-state index < -0.39 is 0 Å². The van der Waals surface area contributed by atoms with Gasteiger partial charge in [-0.25, -0.2) is 0 Å². The lowest BCUT2D eigenvalue weighted by molar-refractivity contribution is -0.118. The highest BCUT2D eigenvalue weighted by molar-refractivity contribution is 5.96. The Morgan fingerprint density at radius 2 is 1.90 bits per heavy atom. The molecule has 0 fully saturated rings. The molecular formula is C17H18N2O. The summed E-state index contributed by atoms with van der Waals surface area (Å²) in [6, 6.07) is 15.7. The molecule has 1 aliphatic heterocycles. The van der Waals surface area contributed by atoms with Crippen molar-refractivity contribution in [3.05, 3.63) is 65.2 Å². The van der Waals surface area contributed by atoms with Crippen molar-refractivity contribution in [3.63, 3.8) is 0 Å². The maximum absolute atomic E-state index is 12.5. The van der Waals surface area contributed by atoms with Crippen LogP contribution in [-0.2, 0) is 11.2 Å². The molecule has 20 heavy (non-hydrogen) atoms. The van der Waals surface area contributed by atoms with Crippen LogP contribution in [0, 0.1) is 6.92 Å². The standard InChI is InChI=1S/C17H18N2O/c1-12-6-2-5-9-15(12)19-17(20)16-14-8-4-3-7-13(14)10-11-18-16/h2-9,16,18H,10-11H2,1H3,(H,19,20). The van der Waals surface area contributed by atoms with Crippen LogP contribution in [0.5, 0.6) is 0 Å². The van der Waals surface area contributed by atoms with Crippen LogP contribution >= 0.6 is 0 Å². The van der Waals surface area contributed by atoms with Gasteiger partial charge in [0.05, 0.1) is 0 Å². The summed E-state index contributed by atoms with van der Waals surface area (Å²) in [6.45, 7) is 2.83. The number of benzene rings is 2. The maximum Gasteiger partial charge on any atom is 0.246 e. The topological polar surface area (TPSA) is 41.1 Å². The number of hydrogen-bond acceptors (Lipinski definition) is 2. The van der Waals surface area contributed by atoms with Crippen LogP contribution in [0.3, 0.4) is 0 Å². The van der Waals surface area contributed by atoms with Gasteiger partial charge in [-0.1, -0.05) is 42.5 Å². The van der Waals surface area contributed by atoms with Gasteiger partial charge in [0.15, 0.2) is 0 Å². The molecule has 2 N–H and O–H groups in total. The van der Waals surface area contributed by atoms with E-state index in [0.29, 0.717) is 0 Å². The molecule has 2 aromatic rings. The summed E-state index contributed by atoms with van der Waals surface area (Å²) in [5, 5.41) is 6.32. The highest BCUT2D eigenvalue weighted by Gasteiger charge is 2.25. The van der Waals surface area contributed by atoms with Crippen LogP contribution in [-0.4, -0.2) is 12.5 Å². The molecule has 1 aliphatic rings. The molecule has 1 unspecified atom stereocenters. The Kier molecular flexibility index (Phi) is 3.52. The van der Waals surface area contributed by atoms with Crippen LogP contribution in [0.1, 0.15) is 22.7 Å². The Labute approximate surface area is 119 Å². The van der Waals surface area contributed by atoms with Crippen molar-refractivity contribution in [2.45, 2.75) is 19.4 Å². The third-order valence-electron chi connectivity index (χ3n) is 3.77. The Morgan fingerprint density at radius 3 is 2.75 bits per heavy atom. The van der Waals surface area contributed by atoms with Gasteiger partial charge < -0.3 is 10.6 Å². The molecule has 1 amide bonds. The van der Waals surface area contributed by atoms with Gasteiger partial charge >= 0.3 is 0 Å². The molecule has 0 saturated heterocycles. The maximum atomic E-state index is 12.5. The summed E-state index contributed by atoms with van der Waals surface area (Å²) in [7, 11) is 0. The van der Waals surface area contributed by atoms with Gasteiger partial charge in [0.2, 0.25) is 5.91 Å². The lowest BCUT2D eigenvalue weighted by atomic mass is 9.94. The van der Waals surface area contributed by atoms with Gasteiger partial charge in [-0.05, 0) is 36.1 Å². The molecule has 0 bridgehead atoms. The lowest BCUT2D eigenvalue weighted by Gasteiger charge is -2.26. The zero-order valence-corrected chi connectivity index (χ0v) is 11.5. The number of para-hydroxylation sites is 1. The summed E-state index contributed by atoms with van der Waals surface area (Å²) < 4.78 is 0. The number of amides is 1. The molecule has 0 aliphatic carbocycles. The van der Waals surface area contributed by atoms with Gasteiger partial charge in [-0.15, -0.1) is 0 Å². The van der Waals surface area contributed by atoms with E-state index in [1.165, 1.54) is 5.56 Å². The van der Waals surface area contributed by atoms with E-state index in [2.05, 4.69) is 16.7 Å². The van der Waals surface area contributed by atoms with Gasteiger partial charge in [-0.2, -0.15) is 0 Å². The number of carbonyl (C=O) groups excluding carboxylic acids is 1. The SMILES string of the molecule is Cc1ccccc1NC(=O)C1NCCc2ccccc21. The van der Waals surface area contributed by atoms with Crippen LogP contribution in [0.15, 0.2) is 48.5 Å². The zero-order valence-electron chi connectivity index (χ0n) is 11.5. The molecule has 102 valence electrons. The Balaban J connectivity index is 1.84. The molecule has 1 heterocycles. The molecule has 0 spiro atoms. The van der Waals surface area contributed by atoms with E-state index >= 15 is 0 Å². The van der Waals surface area contributed by atoms with E-state index in [1.54, 1.807) is 0 Å². The molecular weight excluding hydrogens is 248 g/mol. The fourth-order valence-corrected chi connectivity index (χ4v) is 2.66. The fourth-order valence-electron chi connectivity index (χ4n) is 2.66. The van der Waals surface area contributed by atoms with Crippen LogP contribution in [0.4, 0.5) is 5.69 Å². The number of rotatable bonds is 2. The molecule has 0 saturated carbocycles. The molecule has 3 rings (SSSR count). The lowest BCUT2D eigenvalue weighted by Crippen LogP contribution is -2.38. The summed E-state index contributed by atoms with van der Waals surface area (Å²) >= 11 is 0.